The summed E-state index contributed by atoms with van der Waals surface area (Å²) in [4.78, 5) is 0. The van der Waals surface area contributed by atoms with E-state index in [-0.39, 0.29) is 11.5 Å². The van der Waals surface area contributed by atoms with Gasteiger partial charge in [0.1, 0.15) is 0 Å². The van der Waals surface area contributed by atoms with E-state index in [1.165, 1.54) is 17.0 Å². The number of hydrogen-bond donors (Lipinski definition) is 3. The zero-order chi connectivity index (χ0) is 16.4. The van der Waals surface area contributed by atoms with Crippen LogP contribution in [0, 0.1) is 11.7 Å². The fraction of sp³-hybridized carbons (Fsp3) is 0.0625. The van der Waals surface area contributed by atoms with Crippen LogP contribution in [0.4, 0.5) is 0 Å². The van der Waals surface area contributed by atoms with Crippen molar-refractivity contribution in [3.8, 4) is 22.9 Å². The molecule has 23 heavy (non-hydrogen) atoms. The zero-order valence-electron chi connectivity index (χ0n) is 12.3. The number of hydrogen-bond acceptors (Lipinski definition) is 5. The lowest BCUT2D eigenvalue weighted by Gasteiger charge is -2.03. The average molecular weight is 326 g/mol. The minimum absolute atomic E-state index is 0.205. The number of H-pyrrole nitrogens is 1. The summed E-state index contributed by atoms with van der Waals surface area (Å²) in [6.07, 6.45) is 1.41. The Balaban J connectivity index is 2.02. The summed E-state index contributed by atoms with van der Waals surface area (Å²) in [6.45, 7) is 2.00. The Morgan fingerprint density at radius 3 is 2.65 bits per heavy atom. The summed E-state index contributed by atoms with van der Waals surface area (Å²) in [5.74, 6) is 0.123. The van der Waals surface area contributed by atoms with Crippen LogP contribution in [0.3, 0.4) is 0 Å². The Hall–Kier alpha value is -2.93. The van der Waals surface area contributed by atoms with Crippen LogP contribution < -0.4 is 0 Å². The van der Waals surface area contributed by atoms with E-state index in [0.29, 0.717) is 16.2 Å². The first kappa shape index (κ1) is 15.0. The second kappa shape index (κ2) is 6.05. The summed E-state index contributed by atoms with van der Waals surface area (Å²) in [7, 11) is 0. The van der Waals surface area contributed by atoms with Gasteiger partial charge in [-0.15, -0.1) is 0 Å². The molecule has 6 nitrogen and oxygen atoms in total. The van der Waals surface area contributed by atoms with Crippen molar-refractivity contribution >= 4 is 18.4 Å². The lowest BCUT2D eigenvalue weighted by Crippen LogP contribution is -1.95. The summed E-state index contributed by atoms with van der Waals surface area (Å²) in [6, 6.07) is 12.5. The van der Waals surface area contributed by atoms with Gasteiger partial charge in [-0.25, -0.2) is 5.10 Å². The summed E-state index contributed by atoms with van der Waals surface area (Å²) < 4.78 is 1.79. The van der Waals surface area contributed by atoms with Crippen molar-refractivity contribution in [3.05, 3.63) is 58.4 Å². The van der Waals surface area contributed by atoms with Crippen molar-refractivity contribution in [2.75, 3.05) is 0 Å². The third-order valence-corrected chi connectivity index (χ3v) is 3.58. The maximum absolute atomic E-state index is 9.81. The lowest BCUT2D eigenvalue weighted by atomic mass is 10.1. The van der Waals surface area contributed by atoms with Crippen molar-refractivity contribution in [2.45, 2.75) is 6.92 Å². The van der Waals surface area contributed by atoms with Crippen LogP contribution in [0.2, 0.25) is 0 Å². The van der Waals surface area contributed by atoms with E-state index in [2.05, 4.69) is 15.3 Å². The van der Waals surface area contributed by atoms with Crippen LogP contribution in [-0.2, 0) is 0 Å². The molecule has 3 aromatic rings. The number of para-hydroxylation sites is 1. The number of rotatable bonds is 3. The number of nitrogens with one attached hydrogen (secondary N) is 1. The molecule has 0 saturated carbocycles. The number of nitrogens with zero attached hydrogens (tertiary/aromatic N) is 3. The first-order valence-corrected chi connectivity index (χ1v) is 7.27. The number of phenols is 2. The molecular formula is C16H14N4O2S. The second-order valence-electron chi connectivity index (χ2n) is 4.99. The van der Waals surface area contributed by atoms with Crippen LogP contribution >= 0.6 is 12.2 Å². The van der Waals surface area contributed by atoms with E-state index >= 15 is 0 Å². The Kier molecular flexibility index (Phi) is 3.94. The molecular weight excluding hydrogens is 312 g/mol. The predicted octanol–water partition coefficient (Wildman–Crippen LogP) is 3.21. The van der Waals surface area contributed by atoms with Gasteiger partial charge in [0.2, 0.25) is 4.77 Å². The smallest absolute Gasteiger partial charge is 0.216 e. The maximum atomic E-state index is 9.81. The number of benzene rings is 2. The molecule has 0 aliphatic carbocycles. The van der Waals surface area contributed by atoms with Crippen molar-refractivity contribution in [2.24, 2.45) is 5.10 Å². The highest BCUT2D eigenvalue weighted by Crippen LogP contribution is 2.27. The van der Waals surface area contributed by atoms with E-state index in [9.17, 15) is 10.2 Å². The van der Waals surface area contributed by atoms with E-state index in [4.69, 9.17) is 12.2 Å². The van der Waals surface area contributed by atoms with Gasteiger partial charge in [0.15, 0.2) is 17.3 Å². The highest BCUT2D eigenvalue weighted by molar-refractivity contribution is 7.71. The molecule has 0 amide bonds. The zero-order valence-corrected chi connectivity index (χ0v) is 13.1. The quantitative estimate of drug-likeness (QED) is 0.392. The molecule has 0 atom stereocenters. The highest BCUT2D eigenvalue weighted by atomic mass is 32.1. The molecule has 0 aliphatic heterocycles. The van der Waals surface area contributed by atoms with Gasteiger partial charge in [0.05, 0.1) is 6.21 Å². The van der Waals surface area contributed by atoms with Crippen LogP contribution in [-0.4, -0.2) is 31.3 Å². The SMILES string of the molecule is Cc1ccc(-c2n[nH]c(=S)n2/N=C/c2cccc(O)c2O)cc1. The standard InChI is InChI=1S/C16H14N4O2S/c1-10-5-7-11(8-6-10)15-18-19-16(23)20(15)17-9-12-3-2-4-13(21)14(12)22/h2-9,21-22H,1H3,(H,19,23)/b17-9+. The first-order chi connectivity index (χ1) is 11.1. The molecule has 0 unspecified atom stereocenters. The maximum Gasteiger partial charge on any atom is 0.216 e. The number of aromatic hydroxyl groups is 2. The molecule has 0 radical (unpaired) electrons. The average Bonchev–Trinajstić information content (AvgIpc) is 2.91. The molecule has 0 fully saturated rings. The third-order valence-electron chi connectivity index (χ3n) is 3.32. The molecule has 2 aromatic carbocycles. The number of aryl methyl sites for hydroxylation is 1. The monoisotopic (exact) mass is 326 g/mol. The molecule has 0 bridgehead atoms. The highest BCUT2D eigenvalue weighted by Gasteiger charge is 2.08. The minimum Gasteiger partial charge on any atom is -0.504 e. The van der Waals surface area contributed by atoms with Crippen molar-refractivity contribution in [1.82, 2.24) is 14.9 Å². The third kappa shape index (κ3) is 3.00. The van der Waals surface area contributed by atoms with Gasteiger partial charge < -0.3 is 10.2 Å². The first-order valence-electron chi connectivity index (χ1n) is 6.86. The van der Waals surface area contributed by atoms with Gasteiger partial charge >= 0.3 is 0 Å². The van der Waals surface area contributed by atoms with Crippen LogP contribution in [0.15, 0.2) is 47.6 Å². The van der Waals surface area contributed by atoms with Crippen molar-refractivity contribution in [1.29, 1.82) is 0 Å². The molecule has 3 N–H and O–H groups in total. The molecule has 116 valence electrons. The van der Waals surface area contributed by atoms with Gasteiger partial charge in [-0.1, -0.05) is 35.9 Å². The molecule has 1 aromatic heterocycles. The van der Waals surface area contributed by atoms with E-state index in [1.54, 1.807) is 12.1 Å². The van der Waals surface area contributed by atoms with E-state index < -0.39 is 0 Å². The fourth-order valence-electron chi connectivity index (χ4n) is 2.06. The van der Waals surface area contributed by atoms with E-state index in [0.717, 1.165) is 11.1 Å². The molecule has 1 heterocycles. The predicted molar refractivity (Wildman–Crippen MR) is 90.3 cm³/mol. The normalized spacial score (nSPS) is 11.2. The molecule has 0 aliphatic rings. The minimum atomic E-state index is -0.233. The molecule has 0 saturated heterocycles. The summed E-state index contributed by atoms with van der Waals surface area (Å²) in [5, 5.41) is 30.5. The fourth-order valence-corrected chi connectivity index (χ4v) is 2.24. The lowest BCUT2D eigenvalue weighted by molar-refractivity contribution is 0.403. The van der Waals surface area contributed by atoms with Crippen molar-refractivity contribution < 1.29 is 10.2 Å². The topological polar surface area (TPSA) is 86.4 Å². The van der Waals surface area contributed by atoms with Crippen LogP contribution in [0.1, 0.15) is 11.1 Å². The number of aromatic nitrogens is 3. The van der Waals surface area contributed by atoms with Gasteiger partial charge in [-0.05, 0) is 31.3 Å². The van der Waals surface area contributed by atoms with Gasteiger partial charge in [-0.3, -0.25) is 0 Å². The van der Waals surface area contributed by atoms with Gasteiger partial charge in [-0.2, -0.15) is 14.9 Å². The Labute approximate surface area is 137 Å². The largest absolute Gasteiger partial charge is 0.504 e. The second-order valence-corrected chi connectivity index (χ2v) is 5.38. The number of aromatic amines is 1. The Morgan fingerprint density at radius 1 is 1.17 bits per heavy atom. The summed E-state index contributed by atoms with van der Waals surface area (Å²) >= 11 is 5.19. The Bertz CT molecular complexity index is 926. The van der Waals surface area contributed by atoms with Crippen LogP contribution in [0.25, 0.3) is 11.4 Å². The number of phenolic OH excluding ortho intramolecular Hbond substituents is 2. The van der Waals surface area contributed by atoms with Crippen LogP contribution in [0.5, 0.6) is 11.5 Å². The van der Waals surface area contributed by atoms with Gasteiger partial charge in [0, 0.05) is 11.1 Å². The van der Waals surface area contributed by atoms with E-state index in [1.807, 2.05) is 31.2 Å². The van der Waals surface area contributed by atoms with Gasteiger partial charge in [0.25, 0.3) is 0 Å². The molecule has 7 heteroatoms. The van der Waals surface area contributed by atoms with Crippen molar-refractivity contribution in [3.63, 3.8) is 0 Å². The Morgan fingerprint density at radius 2 is 1.91 bits per heavy atom. The molecule has 0 spiro atoms. The molecule has 3 rings (SSSR count). The summed E-state index contributed by atoms with van der Waals surface area (Å²) in [5.41, 5.74) is 2.38.